The fourth-order valence-corrected chi connectivity index (χ4v) is 1.27. The number of nitrogens with zero attached hydrogens (tertiary/aromatic N) is 1. The number of aryl methyl sites for hydroxylation is 1. The number of alkyl halides is 6. The predicted octanol–water partition coefficient (Wildman–Crippen LogP) is 2.77. The Hall–Kier alpha value is -1.51. The van der Waals surface area contributed by atoms with Crippen LogP contribution >= 0.6 is 0 Å². The predicted molar refractivity (Wildman–Crippen MR) is 48.6 cm³/mol. The number of hydrogen-bond acceptors (Lipinski definition) is 3. The molecule has 0 fully saturated rings. The van der Waals surface area contributed by atoms with E-state index in [0.717, 1.165) is 13.0 Å². The molecule has 9 heteroatoms. The lowest BCUT2D eigenvalue weighted by molar-refractivity contribution is -0.276. The molecule has 0 aliphatic heterocycles. The maximum atomic E-state index is 12.6. The van der Waals surface area contributed by atoms with Crippen LogP contribution in [0.3, 0.4) is 0 Å². The topological polar surface area (TPSA) is 48.1 Å². The van der Waals surface area contributed by atoms with Gasteiger partial charge in [-0.05, 0) is 18.6 Å². The third-order valence-corrected chi connectivity index (χ3v) is 1.91. The molecule has 0 saturated heterocycles. The van der Waals surface area contributed by atoms with Crippen molar-refractivity contribution in [2.75, 3.05) is 0 Å². The van der Waals surface area contributed by atoms with Crippen molar-refractivity contribution in [3.8, 4) is 5.75 Å². The minimum Gasteiger partial charge on any atom is -0.403 e. The molecular formula is C9H8F6N2O. The van der Waals surface area contributed by atoms with Gasteiger partial charge in [-0.25, -0.2) is 4.98 Å². The number of pyridine rings is 1. The van der Waals surface area contributed by atoms with Gasteiger partial charge in [0.1, 0.15) is 0 Å². The van der Waals surface area contributed by atoms with Crippen molar-refractivity contribution >= 4 is 0 Å². The lowest BCUT2D eigenvalue weighted by Gasteiger charge is -2.17. The standard InChI is InChI=1S/C9H8F6N2O/c1-4-2-5(3-16)17-7(8(10,11)12)6(4)18-9(13,14)15/h2H,3,16H2,1H3. The van der Waals surface area contributed by atoms with Gasteiger partial charge in [0, 0.05) is 6.54 Å². The zero-order valence-electron chi connectivity index (χ0n) is 8.99. The van der Waals surface area contributed by atoms with Gasteiger partial charge < -0.3 is 10.5 Å². The molecule has 0 saturated carbocycles. The summed E-state index contributed by atoms with van der Waals surface area (Å²) in [6.45, 7) is 0.730. The molecule has 18 heavy (non-hydrogen) atoms. The summed E-state index contributed by atoms with van der Waals surface area (Å²) in [5.74, 6) is -1.35. The normalized spacial score (nSPS) is 12.7. The van der Waals surface area contributed by atoms with Crippen molar-refractivity contribution in [1.29, 1.82) is 0 Å². The summed E-state index contributed by atoms with van der Waals surface area (Å²) in [5.41, 5.74) is 2.87. The lowest BCUT2D eigenvalue weighted by atomic mass is 10.1. The first-order valence-corrected chi connectivity index (χ1v) is 4.58. The van der Waals surface area contributed by atoms with Crippen molar-refractivity contribution in [3.63, 3.8) is 0 Å². The van der Waals surface area contributed by atoms with Gasteiger partial charge in [-0.15, -0.1) is 13.2 Å². The maximum Gasteiger partial charge on any atom is 0.573 e. The summed E-state index contributed by atoms with van der Waals surface area (Å²) in [6, 6.07) is 1.01. The van der Waals surface area contributed by atoms with Crippen LogP contribution in [-0.2, 0) is 12.7 Å². The molecule has 0 aliphatic carbocycles. The Balaban J connectivity index is 3.39. The van der Waals surface area contributed by atoms with Crippen molar-refractivity contribution in [3.05, 3.63) is 23.0 Å². The summed E-state index contributed by atoms with van der Waals surface area (Å²) in [5, 5.41) is 0. The number of nitrogens with two attached hydrogens (primary N) is 1. The molecule has 0 radical (unpaired) electrons. The van der Waals surface area contributed by atoms with Crippen LogP contribution in [-0.4, -0.2) is 11.3 Å². The van der Waals surface area contributed by atoms with Gasteiger partial charge in [-0.3, -0.25) is 0 Å². The molecule has 0 amide bonds. The van der Waals surface area contributed by atoms with E-state index >= 15 is 0 Å². The third-order valence-electron chi connectivity index (χ3n) is 1.91. The highest BCUT2D eigenvalue weighted by molar-refractivity contribution is 5.40. The average molecular weight is 274 g/mol. The summed E-state index contributed by atoms with van der Waals surface area (Å²) in [6.07, 6.45) is -10.3. The maximum absolute atomic E-state index is 12.6. The molecule has 0 unspecified atom stereocenters. The second kappa shape index (κ2) is 4.63. The number of aromatic nitrogens is 1. The zero-order chi connectivity index (χ0) is 14.1. The number of halogens is 6. The molecular weight excluding hydrogens is 266 g/mol. The second-order valence-corrected chi connectivity index (χ2v) is 3.36. The van der Waals surface area contributed by atoms with Crippen molar-refractivity contribution in [1.82, 2.24) is 4.98 Å². The van der Waals surface area contributed by atoms with Crippen LogP contribution in [0.1, 0.15) is 17.0 Å². The monoisotopic (exact) mass is 274 g/mol. The SMILES string of the molecule is Cc1cc(CN)nc(C(F)(F)F)c1OC(F)(F)F. The summed E-state index contributed by atoms with van der Waals surface area (Å²) in [7, 11) is 0. The average Bonchev–Trinajstić information content (AvgIpc) is 2.17. The summed E-state index contributed by atoms with van der Waals surface area (Å²) in [4.78, 5) is 3.03. The van der Waals surface area contributed by atoms with Gasteiger partial charge in [0.25, 0.3) is 0 Å². The Labute approximate surface area is 97.6 Å². The minimum absolute atomic E-state index is 0.172. The smallest absolute Gasteiger partial charge is 0.403 e. The molecule has 1 aromatic rings. The van der Waals surface area contributed by atoms with Crippen molar-refractivity contribution in [2.45, 2.75) is 26.0 Å². The van der Waals surface area contributed by atoms with E-state index in [4.69, 9.17) is 5.73 Å². The van der Waals surface area contributed by atoms with E-state index in [1.54, 1.807) is 0 Å². The molecule has 3 nitrogen and oxygen atoms in total. The molecule has 0 bridgehead atoms. The molecule has 1 heterocycles. The fourth-order valence-electron chi connectivity index (χ4n) is 1.27. The molecule has 1 aromatic heterocycles. The minimum atomic E-state index is -5.23. The first kappa shape index (κ1) is 14.6. The molecule has 0 spiro atoms. The third kappa shape index (κ3) is 3.49. The van der Waals surface area contributed by atoms with Crippen LogP contribution in [0.2, 0.25) is 0 Å². The van der Waals surface area contributed by atoms with Gasteiger partial charge in [0.15, 0.2) is 11.4 Å². The zero-order valence-corrected chi connectivity index (χ0v) is 8.99. The molecule has 2 N–H and O–H groups in total. The quantitative estimate of drug-likeness (QED) is 0.843. The fraction of sp³-hybridized carbons (Fsp3) is 0.444. The van der Waals surface area contributed by atoms with Crippen LogP contribution in [0.25, 0.3) is 0 Å². The first-order valence-electron chi connectivity index (χ1n) is 4.58. The van der Waals surface area contributed by atoms with Gasteiger partial charge in [-0.1, -0.05) is 0 Å². The van der Waals surface area contributed by atoms with E-state index in [2.05, 4.69) is 9.72 Å². The highest BCUT2D eigenvalue weighted by Crippen LogP contribution is 2.39. The van der Waals surface area contributed by atoms with Gasteiger partial charge in [0.2, 0.25) is 0 Å². The van der Waals surface area contributed by atoms with Crippen molar-refractivity contribution in [2.24, 2.45) is 5.73 Å². The van der Waals surface area contributed by atoms with E-state index in [1.165, 1.54) is 0 Å². The Morgan fingerprint density at radius 2 is 1.78 bits per heavy atom. The van der Waals surface area contributed by atoms with Gasteiger partial charge in [-0.2, -0.15) is 13.2 Å². The van der Waals surface area contributed by atoms with Crippen LogP contribution in [0.4, 0.5) is 26.3 Å². The van der Waals surface area contributed by atoms with Crippen LogP contribution in [0, 0.1) is 6.92 Å². The molecule has 0 aromatic carbocycles. The molecule has 0 atom stereocenters. The summed E-state index contributed by atoms with van der Waals surface area (Å²) >= 11 is 0. The highest BCUT2D eigenvalue weighted by Gasteiger charge is 2.42. The Kier molecular flexibility index (Phi) is 3.75. The number of hydrogen-bond donors (Lipinski definition) is 1. The van der Waals surface area contributed by atoms with E-state index in [0.29, 0.717) is 0 Å². The lowest BCUT2D eigenvalue weighted by Crippen LogP contribution is -2.22. The van der Waals surface area contributed by atoms with Crippen LogP contribution < -0.4 is 10.5 Å². The second-order valence-electron chi connectivity index (χ2n) is 3.36. The van der Waals surface area contributed by atoms with Gasteiger partial charge in [0.05, 0.1) is 5.69 Å². The Bertz CT molecular complexity index is 440. The van der Waals surface area contributed by atoms with E-state index in [1.807, 2.05) is 0 Å². The Morgan fingerprint density at radius 1 is 1.22 bits per heavy atom. The largest absolute Gasteiger partial charge is 0.573 e. The van der Waals surface area contributed by atoms with Gasteiger partial charge >= 0.3 is 12.5 Å². The van der Waals surface area contributed by atoms with Crippen LogP contribution in [0.5, 0.6) is 5.75 Å². The first-order chi connectivity index (χ1) is 8.04. The number of rotatable bonds is 2. The highest BCUT2D eigenvalue weighted by atomic mass is 19.4. The molecule has 1 rings (SSSR count). The summed E-state index contributed by atoms with van der Waals surface area (Å²) < 4.78 is 77.2. The molecule has 0 aliphatic rings. The van der Waals surface area contributed by atoms with E-state index in [9.17, 15) is 26.3 Å². The number of ether oxygens (including phenoxy) is 1. The van der Waals surface area contributed by atoms with Crippen molar-refractivity contribution < 1.29 is 31.1 Å². The van der Waals surface area contributed by atoms with Crippen LogP contribution in [0.15, 0.2) is 6.07 Å². The molecule has 102 valence electrons. The Morgan fingerprint density at radius 3 is 2.17 bits per heavy atom. The van der Waals surface area contributed by atoms with E-state index < -0.39 is 24.0 Å². The van der Waals surface area contributed by atoms with E-state index in [-0.39, 0.29) is 17.8 Å².